The molecule has 2 rings (SSSR count). The molecule has 0 fully saturated rings. The van der Waals surface area contributed by atoms with E-state index in [4.69, 9.17) is 4.74 Å². The Morgan fingerprint density at radius 3 is 1.17 bits per heavy atom. The Hall–Kier alpha value is -1.76. The van der Waals surface area contributed by atoms with Gasteiger partial charge in [-0.25, -0.2) is 0 Å². The van der Waals surface area contributed by atoms with Crippen molar-refractivity contribution in [3.05, 3.63) is 59.7 Å². The predicted octanol–water partition coefficient (Wildman–Crippen LogP) is 6.85. The van der Waals surface area contributed by atoms with Crippen LogP contribution in [0.4, 0.5) is 0 Å². The quantitative estimate of drug-likeness (QED) is 0.566. The monoisotopic (exact) mass is 310 g/mol. The van der Waals surface area contributed by atoms with Crippen molar-refractivity contribution in [1.29, 1.82) is 0 Å². The van der Waals surface area contributed by atoms with Crippen LogP contribution in [0.3, 0.4) is 0 Å². The first-order chi connectivity index (χ1) is 10.8. The highest BCUT2D eigenvalue weighted by Gasteiger charge is 2.18. The van der Waals surface area contributed by atoms with Gasteiger partial charge in [-0.15, -0.1) is 0 Å². The summed E-state index contributed by atoms with van der Waals surface area (Å²) in [7, 11) is 0. The standard InChI is InChI=1S/C22H30O/c1-7-21(3,4)17-9-13-19(14-10-17)23-20-15-11-18(12-16-20)22(5,6)8-2/h9-16H,7-8H2,1-6H3. The van der Waals surface area contributed by atoms with Crippen LogP contribution in [0.5, 0.6) is 11.5 Å². The lowest BCUT2D eigenvalue weighted by molar-refractivity contribution is 0.475. The molecule has 0 heterocycles. The van der Waals surface area contributed by atoms with Crippen LogP contribution in [0.1, 0.15) is 65.5 Å². The third-order valence-corrected chi connectivity index (χ3v) is 5.28. The van der Waals surface area contributed by atoms with Gasteiger partial charge in [0.2, 0.25) is 0 Å². The van der Waals surface area contributed by atoms with E-state index >= 15 is 0 Å². The maximum Gasteiger partial charge on any atom is 0.127 e. The highest BCUT2D eigenvalue weighted by molar-refractivity contribution is 5.37. The van der Waals surface area contributed by atoms with E-state index in [0.29, 0.717) is 0 Å². The van der Waals surface area contributed by atoms with Crippen LogP contribution in [0.2, 0.25) is 0 Å². The van der Waals surface area contributed by atoms with Crippen molar-refractivity contribution in [1.82, 2.24) is 0 Å². The topological polar surface area (TPSA) is 9.23 Å². The van der Waals surface area contributed by atoms with Crippen LogP contribution in [0.25, 0.3) is 0 Å². The third kappa shape index (κ3) is 4.16. The van der Waals surface area contributed by atoms with Gasteiger partial charge in [0.25, 0.3) is 0 Å². The lowest BCUT2D eigenvalue weighted by atomic mass is 9.82. The Bertz CT molecular complexity index is 561. The molecule has 0 aliphatic rings. The van der Waals surface area contributed by atoms with E-state index in [9.17, 15) is 0 Å². The van der Waals surface area contributed by atoms with Gasteiger partial charge in [0, 0.05) is 0 Å². The van der Waals surface area contributed by atoms with Crippen LogP contribution >= 0.6 is 0 Å². The summed E-state index contributed by atoms with van der Waals surface area (Å²) in [6, 6.07) is 17.0. The highest BCUT2D eigenvalue weighted by atomic mass is 16.5. The largest absolute Gasteiger partial charge is 0.457 e. The van der Waals surface area contributed by atoms with Crippen molar-refractivity contribution in [3.8, 4) is 11.5 Å². The number of benzene rings is 2. The van der Waals surface area contributed by atoms with Gasteiger partial charge in [-0.3, -0.25) is 0 Å². The molecule has 2 aromatic rings. The summed E-state index contributed by atoms with van der Waals surface area (Å²) in [6.07, 6.45) is 2.25. The molecule has 0 aliphatic carbocycles. The molecular formula is C22H30O. The minimum absolute atomic E-state index is 0.214. The second kappa shape index (κ2) is 6.78. The van der Waals surface area contributed by atoms with Gasteiger partial charge in [0.05, 0.1) is 0 Å². The fraction of sp³-hybridized carbons (Fsp3) is 0.455. The molecule has 0 saturated carbocycles. The number of hydrogen-bond acceptors (Lipinski definition) is 1. The lowest BCUT2D eigenvalue weighted by Crippen LogP contribution is -2.15. The molecule has 0 unspecified atom stereocenters. The average molecular weight is 310 g/mol. The molecule has 0 atom stereocenters. The first kappa shape index (κ1) is 17.6. The summed E-state index contributed by atoms with van der Waals surface area (Å²) in [5.41, 5.74) is 3.14. The van der Waals surface area contributed by atoms with Gasteiger partial charge < -0.3 is 4.74 Å². The second-order valence-corrected chi connectivity index (χ2v) is 7.63. The number of rotatable bonds is 6. The van der Waals surface area contributed by atoms with Crippen molar-refractivity contribution < 1.29 is 4.74 Å². The van der Waals surface area contributed by atoms with Gasteiger partial charge in [-0.05, 0) is 59.1 Å². The summed E-state index contributed by atoms with van der Waals surface area (Å²) in [5, 5.41) is 0. The van der Waals surface area contributed by atoms with Crippen LogP contribution in [-0.4, -0.2) is 0 Å². The van der Waals surface area contributed by atoms with Gasteiger partial charge in [0.15, 0.2) is 0 Å². The molecule has 1 heteroatoms. The molecule has 1 nitrogen and oxygen atoms in total. The van der Waals surface area contributed by atoms with Crippen molar-refractivity contribution in [2.45, 2.75) is 65.2 Å². The molecule has 0 aliphatic heterocycles. The van der Waals surface area contributed by atoms with E-state index in [0.717, 1.165) is 24.3 Å². The van der Waals surface area contributed by atoms with E-state index in [2.05, 4.69) is 90.1 Å². The fourth-order valence-corrected chi connectivity index (χ4v) is 2.49. The SMILES string of the molecule is CCC(C)(C)c1ccc(Oc2ccc(C(C)(C)CC)cc2)cc1. The van der Waals surface area contributed by atoms with Crippen molar-refractivity contribution >= 4 is 0 Å². The van der Waals surface area contributed by atoms with Crippen molar-refractivity contribution in [2.75, 3.05) is 0 Å². The average Bonchev–Trinajstić information content (AvgIpc) is 2.56. The maximum absolute atomic E-state index is 5.98. The Kier molecular flexibility index (Phi) is 5.19. The van der Waals surface area contributed by atoms with Gasteiger partial charge >= 0.3 is 0 Å². The summed E-state index contributed by atoms with van der Waals surface area (Å²) in [4.78, 5) is 0. The molecule has 0 spiro atoms. The van der Waals surface area contributed by atoms with Crippen LogP contribution in [-0.2, 0) is 10.8 Å². The number of ether oxygens (including phenoxy) is 1. The Balaban J connectivity index is 2.11. The van der Waals surface area contributed by atoms with Gasteiger partial charge in [-0.2, -0.15) is 0 Å². The van der Waals surface area contributed by atoms with Gasteiger partial charge in [-0.1, -0.05) is 65.8 Å². The first-order valence-electron chi connectivity index (χ1n) is 8.67. The molecule has 2 aromatic carbocycles. The molecule has 0 amide bonds. The first-order valence-corrected chi connectivity index (χ1v) is 8.67. The molecule has 23 heavy (non-hydrogen) atoms. The zero-order valence-corrected chi connectivity index (χ0v) is 15.4. The van der Waals surface area contributed by atoms with E-state index in [1.807, 2.05) is 0 Å². The predicted molar refractivity (Wildman–Crippen MR) is 99.6 cm³/mol. The highest BCUT2D eigenvalue weighted by Crippen LogP contribution is 2.31. The van der Waals surface area contributed by atoms with Crippen LogP contribution in [0.15, 0.2) is 48.5 Å². The normalized spacial score (nSPS) is 12.3. The Morgan fingerprint density at radius 2 is 0.913 bits per heavy atom. The molecule has 0 N–H and O–H groups in total. The number of hydrogen-bond donors (Lipinski definition) is 0. The summed E-state index contributed by atoms with van der Waals surface area (Å²) in [6.45, 7) is 13.6. The van der Waals surface area contributed by atoms with E-state index < -0.39 is 0 Å². The second-order valence-electron chi connectivity index (χ2n) is 7.63. The van der Waals surface area contributed by atoms with E-state index in [-0.39, 0.29) is 10.8 Å². The van der Waals surface area contributed by atoms with Gasteiger partial charge in [0.1, 0.15) is 11.5 Å². The molecule has 0 radical (unpaired) electrons. The Morgan fingerprint density at radius 1 is 0.609 bits per heavy atom. The van der Waals surface area contributed by atoms with Crippen LogP contribution < -0.4 is 4.74 Å². The molecule has 0 bridgehead atoms. The zero-order valence-electron chi connectivity index (χ0n) is 15.4. The maximum atomic E-state index is 5.98. The van der Waals surface area contributed by atoms with Crippen molar-refractivity contribution in [2.24, 2.45) is 0 Å². The Labute approximate surface area is 141 Å². The summed E-state index contributed by atoms with van der Waals surface area (Å²) < 4.78 is 5.98. The minimum atomic E-state index is 0.214. The van der Waals surface area contributed by atoms with Crippen molar-refractivity contribution in [3.63, 3.8) is 0 Å². The summed E-state index contributed by atoms with van der Waals surface area (Å²) in [5.74, 6) is 1.78. The third-order valence-electron chi connectivity index (χ3n) is 5.28. The minimum Gasteiger partial charge on any atom is -0.457 e. The molecule has 0 aromatic heterocycles. The van der Waals surface area contributed by atoms with Crippen LogP contribution in [0, 0.1) is 0 Å². The fourth-order valence-electron chi connectivity index (χ4n) is 2.49. The summed E-state index contributed by atoms with van der Waals surface area (Å²) >= 11 is 0. The smallest absolute Gasteiger partial charge is 0.127 e. The molecular weight excluding hydrogens is 280 g/mol. The van der Waals surface area contributed by atoms with E-state index in [1.165, 1.54) is 11.1 Å². The molecule has 0 saturated heterocycles. The molecule has 124 valence electrons. The lowest BCUT2D eigenvalue weighted by Gasteiger charge is -2.24. The zero-order chi connectivity index (χ0) is 17.1. The van der Waals surface area contributed by atoms with E-state index in [1.54, 1.807) is 0 Å².